The summed E-state index contributed by atoms with van der Waals surface area (Å²) >= 11 is 2.16. The van der Waals surface area contributed by atoms with Gasteiger partial charge < -0.3 is 20.1 Å². The van der Waals surface area contributed by atoms with Gasteiger partial charge in [-0.25, -0.2) is 0 Å². The topological polar surface area (TPSA) is 74.3 Å². The lowest BCUT2D eigenvalue weighted by Gasteiger charge is -2.21. The normalized spacial score (nSPS) is 13.3. The molecule has 3 aromatic rings. The van der Waals surface area contributed by atoms with Gasteiger partial charge in [0.15, 0.2) is 0 Å². The van der Waals surface area contributed by atoms with Crippen LogP contribution in [0.3, 0.4) is 0 Å². The molecule has 6 heteroatoms. The number of hydrogen-bond acceptors (Lipinski definition) is 3. The standard InChI is InChI=1S/C21H23IN2O3/c1-3-10-27-19-9-8-14(22)11-16(19)21(26)24-20(25)13(2)17-12-23-18-7-5-4-6-15(17)18/h4-9,11-13,20,23,25H,3,10H2,1-2H3,(H,24,26)/t13?,20-/m1/s1. The van der Waals surface area contributed by atoms with Gasteiger partial charge in [-0.05, 0) is 58.8 Å². The van der Waals surface area contributed by atoms with Crippen LogP contribution in [0, 0.1) is 3.57 Å². The second kappa shape index (κ2) is 8.75. The van der Waals surface area contributed by atoms with Gasteiger partial charge in [0.1, 0.15) is 12.0 Å². The number of benzene rings is 2. The number of halogens is 1. The number of ether oxygens (including phenoxy) is 1. The maximum absolute atomic E-state index is 12.8. The van der Waals surface area contributed by atoms with Crippen molar-refractivity contribution >= 4 is 39.4 Å². The Morgan fingerprint density at radius 3 is 2.85 bits per heavy atom. The molecule has 1 aromatic heterocycles. The molecule has 0 bridgehead atoms. The van der Waals surface area contributed by atoms with Crippen molar-refractivity contribution in [3.05, 3.63) is 63.4 Å². The molecule has 0 aliphatic heterocycles. The van der Waals surface area contributed by atoms with E-state index in [9.17, 15) is 9.90 Å². The monoisotopic (exact) mass is 478 g/mol. The van der Waals surface area contributed by atoms with Crippen LogP contribution in [0.25, 0.3) is 10.9 Å². The summed E-state index contributed by atoms with van der Waals surface area (Å²) in [4.78, 5) is 16.0. The zero-order chi connectivity index (χ0) is 19.4. The first-order valence-corrected chi connectivity index (χ1v) is 10.1. The van der Waals surface area contributed by atoms with Gasteiger partial charge in [-0.3, -0.25) is 4.79 Å². The molecule has 0 radical (unpaired) electrons. The number of aliphatic hydroxyl groups excluding tert-OH is 1. The fraction of sp³-hybridized carbons (Fsp3) is 0.286. The molecule has 0 aliphatic rings. The van der Waals surface area contributed by atoms with Gasteiger partial charge in [0.05, 0.1) is 12.2 Å². The number of nitrogens with one attached hydrogen (secondary N) is 2. The summed E-state index contributed by atoms with van der Waals surface area (Å²) in [5.74, 6) is -0.0894. The van der Waals surface area contributed by atoms with E-state index in [1.807, 2.05) is 50.4 Å². The molecule has 5 nitrogen and oxygen atoms in total. The molecule has 142 valence electrons. The lowest BCUT2D eigenvalue weighted by atomic mass is 9.98. The van der Waals surface area contributed by atoms with Crippen molar-refractivity contribution in [2.24, 2.45) is 0 Å². The van der Waals surface area contributed by atoms with Gasteiger partial charge >= 0.3 is 0 Å². The largest absolute Gasteiger partial charge is 0.493 e. The van der Waals surface area contributed by atoms with Crippen LogP contribution in [0.15, 0.2) is 48.7 Å². The summed E-state index contributed by atoms with van der Waals surface area (Å²) in [6.45, 7) is 4.44. The van der Waals surface area contributed by atoms with Crippen molar-refractivity contribution in [2.45, 2.75) is 32.4 Å². The molecule has 27 heavy (non-hydrogen) atoms. The third-order valence-corrected chi connectivity index (χ3v) is 5.18. The molecule has 1 amide bonds. The zero-order valence-electron chi connectivity index (χ0n) is 15.3. The second-order valence-corrected chi connectivity index (χ2v) is 7.73. The second-order valence-electron chi connectivity index (χ2n) is 6.49. The Bertz CT molecular complexity index is 938. The van der Waals surface area contributed by atoms with E-state index >= 15 is 0 Å². The van der Waals surface area contributed by atoms with E-state index in [0.717, 1.165) is 26.5 Å². The highest BCUT2D eigenvalue weighted by Gasteiger charge is 2.23. The van der Waals surface area contributed by atoms with Crippen LogP contribution < -0.4 is 10.1 Å². The molecule has 1 heterocycles. The summed E-state index contributed by atoms with van der Waals surface area (Å²) in [5, 5.41) is 14.4. The minimum absolute atomic E-state index is 0.270. The Labute approximate surface area is 172 Å². The van der Waals surface area contributed by atoms with Gasteiger partial charge in [-0.2, -0.15) is 0 Å². The number of para-hydroxylation sites is 1. The first-order chi connectivity index (χ1) is 13.0. The fourth-order valence-electron chi connectivity index (χ4n) is 3.00. The average Bonchev–Trinajstić information content (AvgIpc) is 3.10. The molecule has 0 spiro atoms. The van der Waals surface area contributed by atoms with E-state index in [4.69, 9.17) is 4.74 Å². The molecule has 3 N–H and O–H groups in total. The first-order valence-electron chi connectivity index (χ1n) is 8.98. The summed E-state index contributed by atoms with van der Waals surface area (Å²) in [7, 11) is 0. The SMILES string of the molecule is CCCOc1ccc(I)cc1C(=O)N[C@H](O)C(C)c1c[nH]c2ccccc12. The smallest absolute Gasteiger partial charge is 0.257 e. The Morgan fingerprint density at radius 1 is 1.30 bits per heavy atom. The number of carbonyl (C=O) groups is 1. The van der Waals surface area contributed by atoms with Crippen LogP contribution in [0.4, 0.5) is 0 Å². The molecule has 1 unspecified atom stereocenters. The first kappa shape index (κ1) is 19.7. The van der Waals surface area contributed by atoms with Crippen molar-refractivity contribution < 1.29 is 14.6 Å². The highest BCUT2D eigenvalue weighted by Crippen LogP contribution is 2.28. The Kier molecular flexibility index (Phi) is 6.38. The summed E-state index contributed by atoms with van der Waals surface area (Å²) in [6.07, 6.45) is 1.72. The predicted molar refractivity (Wildman–Crippen MR) is 115 cm³/mol. The van der Waals surface area contributed by atoms with E-state index in [-0.39, 0.29) is 11.8 Å². The highest BCUT2D eigenvalue weighted by atomic mass is 127. The van der Waals surface area contributed by atoms with Crippen LogP contribution in [0.2, 0.25) is 0 Å². The molecule has 0 fully saturated rings. The molecule has 2 atom stereocenters. The third kappa shape index (κ3) is 4.44. The molecule has 0 saturated carbocycles. The molecular formula is C21H23IN2O3. The Hall–Kier alpha value is -2.06. The lowest BCUT2D eigenvalue weighted by Crippen LogP contribution is -2.38. The van der Waals surface area contributed by atoms with E-state index in [1.54, 1.807) is 12.1 Å². The molecule has 3 rings (SSSR count). The minimum atomic E-state index is -1.02. The van der Waals surface area contributed by atoms with Crippen LogP contribution in [0.1, 0.15) is 42.1 Å². The number of hydrogen-bond donors (Lipinski definition) is 3. The van der Waals surface area contributed by atoms with Crippen molar-refractivity contribution in [1.29, 1.82) is 0 Å². The molecular weight excluding hydrogens is 455 g/mol. The molecule has 2 aromatic carbocycles. The van der Waals surface area contributed by atoms with Gasteiger partial charge in [0, 0.05) is 26.6 Å². The Morgan fingerprint density at radius 2 is 2.07 bits per heavy atom. The van der Waals surface area contributed by atoms with E-state index < -0.39 is 6.23 Å². The van der Waals surface area contributed by atoms with Crippen molar-refractivity contribution in [2.75, 3.05) is 6.61 Å². The van der Waals surface area contributed by atoms with Crippen molar-refractivity contribution in [3.63, 3.8) is 0 Å². The number of aromatic amines is 1. The third-order valence-electron chi connectivity index (χ3n) is 4.51. The molecule has 0 aliphatic carbocycles. The van der Waals surface area contributed by atoms with Crippen LogP contribution in [0.5, 0.6) is 5.75 Å². The number of rotatable bonds is 7. The number of amides is 1. The Balaban J connectivity index is 1.78. The fourth-order valence-corrected chi connectivity index (χ4v) is 3.49. The summed E-state index contributed by atoms with van der Waals surface area (Å²) < 4.78 is 6.61. The maximum atomic E-state index is 12.8. The maximum Gasteiger partial charge on any atom is 0.257 e. The minimum Gasteiger partial charge on any atom is -0.493 e. The summed E-state index contributed by atoms with van der Waals surface area (Å²) in [6, 6.07) is 13.4. The van der Waals surface area contributed by atoms with Gasteiger partial charge in [0.2, 0.25) is 0 Å². The number of aromatic nitrogens is 1. The zero-order valence-corrected chi connectivity index (χ0v) is 17.5. The number of fused-ring (bicyclic) bond motifs is 1. The van der Waals surface area contributed by atoms with Gasteiger partial charge in [0.25, 0.3) is 5.91 Å². The number of H-pyrrole nitrogens is 1. The highest BCUT2D eigenvalue weighted by molar-refractivity contribution is 14.1. The van der Waals surface area contributed by atoms with Gasteiger partial charge in [-0.15, -0.1) is 0 Å². The van der Waals surface area contributed by atoms with E-state index in [2.05, 4.69) is 32.9 Å². The van der Waals surface area contributed by atoms with Crippen molar-refractivity contribution in [1.82, 2.24) is 10.3 Å². The van der Waals surface area contributed by atoms with Crippen LogP contribution >= 0.6 is 22.6 Å². The summed E-state index contributed by atoms with van der Waals surface area (Å²) in [5.41, 5.74) is 2.40. The predicted octanol–water partition coefficient (Wildman–Crippen LogP) is 4.41. The van der Waals surface area contributed by atoms with E-state index in [0.29, 0.717) is 17.9 Å². The quantitative estimate of drug-likeness (QED) is 0.348. The van der Waals surface area contributed by atoms with Gasteiger partial charge in [-0.1, -0.05) is 32.0 Å². The van der Waals surface area contributed by atoms with E-state index in [1.165, 1.54) is 0 Å². The molecule has 0 saturated heterocycles. The number of carbonyl (C=O) groups excluding carboxylic acids is 1. The average molecular weight is 478 g/mol. The van der Waals surface area contributed by atoms with Crippen LogP contribution in [-0.4, -0.2) is 28.8 Å². The van der Waals surface area contributed by atoms with Crippen LogP contribution in [-0.2, 0) is 0 Å². The lowest BCUT2D eigenvalue weighted by molar-refractivity contribution is 0.0724. The van der Waals surface area contributed by atoms with Crippen molar-refractivity contribution in [3.8, 4) is 5.75 Å². The number of aliphatic hydroxyl groups is 1.